The minimum absolute atomic E-state index is 0.261. The minimum Gasteiger partial charge on any atom is -0.372 e. The van der Waals surface area contributed by atoms with Gasteiger partial charge in [0.05, 0.1) is 12.2 Å². The SMILES string of the molecule is CC1(C)CC2(CO1)NC(=O)NC2=O. The number of imide groups is 1. The normalized spacial score (nSPS) is 36.5. The van der Waals surface area contributed by atoms with Gasteiger partial charge in [0.2, 0.25) is 0 Å². The highest BCUT2D eigenvalue weighted by Crippen LogP contribution is 2.34. The van der Waals surface area contributed by atoms with Gasteiger partial charge in [0.1, 0.15) is 5.54 Å². The van der Waals surface area contributed by atoms with Crippen LogP contribution in [0.2, 0.25) is 0 Å². The molecule has 2 rings (SSSR count). The molecule has 0 aromatic carbocycles. The summed E-state index contributed by atoms with van der Waals surface area (Å²) in [5.41, 5.74) is -1.16. The van der Waals surface area contributed by atoms with Crippen LogP contribution < -0.4 is 10.6 Å². The Bertz CT molecular complexity index is 287. The summed E-state index contributed by atoms with van der Waals surface area (Å²) in [4.78, 5) is 22.3. The van der Waals surface area contributed by atoms with Crippen LogP contribution >= 0.6 is 0 Å². The molecule has 0 aromatic rings. The van der Waals surface area contributed by atoms with Crippen molar-refractivity contribution in [3.63, 3.8) is 0 Å². The van der Waals surface area contributed by atoms with E-state index < -0.39 is 11.6 Å². The highest BCUT2D eigenvalue weighted by atomic mass is 16.5. The molecule has 2 heterocycles. The number of amides is 3. The number of rotatable bonds is 0. The van der Waals surface area contributed by atoms with Crippen molar-refractivity contribution in [1.29, 1.82) is 0 Å². The van der Waals surface area contributed by atoms with E-state index in [-0.39, 0.29) is 18.1 Å². The molecule has 2 N–H and O–H groups in total. The van der Waals surface area contributed by atoms with Crippen molar-refractivity contribution in [1.82, 2.24) is 10.6 Å². The Hall–Kier alpha value is -1.10. The first kappa shape index (κ1) is 8.50. The summed E-state index contributed by atoms with van der Waals surface area (Å²) in [5, 5.41) is 4.83. The van der Waals surface area contributed by atoms with Gasteiger partial charge in [-0.1, -0.05) is 0 Å². The van der Waals surface area contributed by atoms with Crippen molar-refractivity contribution in [3.05, 3.63) is 0 Å². The maximum absolute atomic E-state index is 11.4. The average molecular weight is 184 g/mol. The molecule has 1 unspecified atom stereocenters. The van der Waals surface area contributed by atoms with E-state index in [0.29, 0.717) is 6.42 Å². The van der Waals surface area contributed by atoms with Crippen molar-refractivity contribution >= 4 is 11.9 Å². The molecule has 0 radical (unpaired) electrons. The zero-order chi connectivity index (χ0) is 9.69. The van der Waals surface area contributed by atoms with Crippen LogP contribution in [0, 0.1) is 0 Å². The third kappa shape index (κ3) is 1.19. The lowest BCUT2D eigenvalue weighted by molar-refractivity contribution is -0.123. The first-order valence-corrected chi connectivity index (χ1v) is 4.21. The van der Waals surface area contributed by atoms with Crippen molar-refractivity contribution in [3.8, 4) is 0 Å². The van der Waals surface area contributed by atoms with E-state index >= 15 is 0 Å². The van der Waals surface area contributed by atoms with Gasteiger partial charge in [-0.25, -0.2) is 4.79 Å². The number of nitrogens with one attached hydrogen (secondary N) is 2. The fourth-order valence-corrected chi connectivity index (χ4v) is 1.90. The molecule has 5 nitrogen and oxygen atoms in total. The average Bonchev–Trinajstić information content (AvgIpc) is 2.38. The van der Waals surface area contributed by atoms with Gasteiger partial charge in [0.15, 0.2) is 0 Å². The van der Waals surface area contributed by atoms with Crippen LogP contribution in [-0.2, 0) is 9.53 Å². The molecule has 1 spiro atoms. The largest absolute Gasteiger partial charge is 0.372 e. The van der Waals surface area contributed by atoms with E-state index in [0.717, 1.165) is 0 Å². The summed E-state index contributed by atoms with van der Waals surface area (Å²) in [5.74, 6) is -0.275. The smallest absolute Gasteiger partial charge is 0.322 e. The van der Waals surface area contributed by atoms with E-state index in [2.05, 4.69) is 10.6 Å². The van der Waals surface area contributed by atoms with Crippen molar-refractivity contribution < 1.29 is 14.3 Å². The first-order valence-electron chi connectivity index (χ1n) is 4.21. The Kier molecular flexibility index (Phi) is 1.46. The summed E-state index contributed by atoms with van der Waals surface area (Å²) in [6.45, 7) is 4.07. The lowest BCUT2D eigenvalue weighted by Gasteiger charge is -2.19. The van der Waals surface area contributed by atoms with E-state index in [1.54, 1.807) is 0 Å². The molecule has 13 heavy (non-hydrogen) atoms. The molecule has 0 saturated carbocycles. The number of hydrogen-bond donors (Lipinski definition) is 2. The topological polar surface area (TPSA) is 67.4 Å². The highest BCUT2D eigenvalue weighted by Gasteiger charge is 2.54. The molecule has 3 amide bonds. The second kappa shape index (κ2) is 2.23. The zero-order valence-corrected chi connectivity index (χ0v) is 7.64. The van der Waals surface area contributed by atoms with Gasteiger partial charge in [0, 0.05) is 6.42 Å². The predicted molar refractivity (Wildman–Crippen MR) is 44.1 cm³/mol. The quantitative estimate of drug-likeness (QED) is 0.511. The van der Waals surface area contributed by atoms with E-state index in [1.807, 2.05) is 13.8 Å². The third-order valence-electron chi connectivity index (χ3n) is 2.45. The predicted octanol–water partition coefficient (Wildman–Crippen LogP) is -0.237. The Morgan fingerprint density at radius 1 is 1.38 bits per heavy atom. The van der Waals surface area contributed by atoms with Gasteiger partial charge in [0.25, 0.3) is 5.91 Å². The molecule has 2 aliphatic rings. The number of ether oxygens (including phenoxy) is 1. The van der Waals surface area contributed by atoms with Crippen molar-refractivity contribution in [2.24, 2.45) is 0 Å². The van der Waals surface area contributed by atoms with Gasteiger partial charge in [-0.15, -0.1) is 0 Å². The number of carbonyl (C=O) groups is 2. The van der Waals surface area contributed by atoms with Crippen molar-refractivity contribution in [2.75, 3.05) is 6.61 Å². The highest BCUT2D eigenvalue weighted by molar-refractivity contribution is 6.07. The Morgan fingerprint density at radius 2 is 2.08 bits per heavy atom. The van der Waals surface area contributed by atoms with Gasteiger partial charge >= 0.3 is 6.03 Å². The van der Waals surface area contributed by atoms with Crippen LogP contribution in [0.3, 0.4) is 0 Å². The lowest BCUT2D eigenvalue weighted by Crippen LogP contribution is -2.48. The standard InChI is InChI=1S/C8H12N2O3/c1-7(2)3-8(4-13-7)5(11)9-6(12)10-8/h3-4H2,1-2H3,(H2,9,10,11,12). The summed E-state index contributed by atoms with van der Waals surface area (Å²) >= 11 is 0. The van der Waals surface area contributed by atoms with Crippen LogP contribution in [0.15, 0.2) is 0 Å². The maximum atomic E-state index is 11.4. The molecule has 0 aliphatic carbocycles. The van der Waals surface area contributed by atoms with Crippen LogP contribution in [0.4, 0.5) is 4.79 Å². The minimum atomic E-state index is -0.819. The Labute approximate surface area is 75.8 Å². The molecule has 0 aromatic heterocycles. The third-order valence-corrected chi connectivity index (χ3v) is 2.45. The van der Waals surface area contributed by atoms with Crippen LogP contribution in [0.1, 0.15) is 20.3 Å². The zero-order valence-electron chi connectivity index (χ0n) is 7.64. The second-order valence-corrected chi connectivity index (χ2v) is 4.22. The summed E-state index contributed by atoms with van der Waals surface area (Å²) in [7, 11) is 0. The number of urea groups is 1. The van der Waals surface area contributed by atoms with Crippen LogP contribution in [0.5, 0.6) is 0 Å². The van der Waals surface area contributed by atoms with Gasteiger partial charge in [-0.3, -0.25) is 10.1 Å². The van der Waals surface area contributed by atoms with Crippen molar-refractivity contribution in [2.45, 2.75) is 31.4 Å². The Balaban J connectivity index is 2.24. The Morgan fingerprint density at radius 3 is 2.46 bits per heavy atom. The van der Waals surface area contributed by atoms with Gasteiger partial charge in [-0.2, -0.15) is 0 Å². The second-order valence-electron chi connectivity index (χ2n) is 4.22. The van der Waals surface area contributed by atoms with E-state index in [1.165, 1.54) is 0 Å². The molecular weight excluding hydrogens is 172 g/mol. The molecule has 2 aliphatic heterocycles. The van der Waals surface area contributed by atoms with Crippen LogP contribution in [0.25, 0.3) is 0 Å². The fourth-order valence-electron chi connectivity index (χ4n) is 1.90. The van der Waals surface area contributed by atoms with Crippen LogP contribution in [-0.4, -0.2) is 29.7 Å². The summed E-state index contributed by atoms with van der Waals surface area (Å²) in [6.07, 6.45) is 0.525. The number of hydrogen-bond acceptors (Lipinski definition) is 3. The molecule has 1 atom stereocenters. The lowest BCUT2D eigenvalue weighted by atomic mass is 9.91. The molecule has 2 saturated heterocycles. The van der Waals surface area contributed by atoms with E-state index in [4.69, 9.17) is 4.74 Å². The first-order chi connectivity index (χ1) is 5.94. The van der Waals surface area contributed by atoms with Gasteiger partial charge < -0.3 is 10.1 Å². The molecule has 0 bridgehead atoms. The maximum Gasteiger partial charge on any atom is 0.322 e. The molecule has 2 fully saturated rings. The molecule has 5 heteroatoms. The summed E-state index contributed by atoms with van der Waals surface area (Å²) < 4.78 is 5.42. The van der Waals surface area contributed by atoms with E-state index in [9.17, 15) is 9.59 Å². The summed E-state index contributed by atoms with van der Waals surface area (Å²) in [6, 6.07) is -0.425. The van der Waals surface area contributed by atoms with Gasteiger partial charge in [-0.05, 0) is 13.8 Å². The molecular formula is C8H12N2O3. The monoisotopic (exact) mass is 184 g/mol. The molecule has 72 valence electrons. The number of carbonyl (C=O) groups excluding carboxylic acids is 2. The fraction of sp³-hybridized carbons (Fsp3) is 0.750.